The van der Waals surface area contributed by atoms with E-state index in [1.165, 1.54) is 12.0 Å². The smallest absolute Gasteiger partial charge is 0.384 e. The van der Waals surface area contributed by atoms with Gasteiger partial charge in [-0.2, -0.15) is 13.2 Å². The van der Waals surface area contributed by atoms with Crippen molar-refractivity contribution < 1.29 is 22.7 Å². The molecule has 1 saturated heterocycles. The maximum atomic E-state index is 12.7. The molecular weight excluding hydrogens is 259 g/mol. The largest absolute Gasteiger partial charge is 0.393 e. The molecule has 1 rings (SSSR count). The van der Waals surface area contributed by atoms with E-state index in [2.05, 4.69) is 0 Å². The van der Waals surface area contributed by atoms with Crippen LogP contribution in [0.15, 0.2) is 0 Å². The first kappa shape index (κ1) is 14.6. The quantitative estimate of drug-likeness (QED) is 0.732. The topological polar surface area (TPSA) is 29.5 Å². The van der Waals surface area contributed by atoms with E-state index in [0.29, 0.717) is 0 Å². The highest BCUT2D eigenvalue weighted by Gasteiger charge is 2.50. The van der Waals surface area contributed by atoms with E-state index >= 15 is 0 Å². The zero-order valence-electron chi connectivity index (χ0n) is 9.47. The number of carbonyl (C=O) groups is 1. The van der Waals surface area contributed by atoms with Crippen LogP contribution in [0.1, 0.15) is 6.42 Å². The van der Waals surface area contributed by atoms with E-state index in [-0.39, 0.29) is 37.9 Å². The first-order valence-corrected chi connectivity index (χ1v) is 5.83. The van der Waals surface area contributed by atoms with Gasteiger partial charge in [0.2, 0.25) is 5.91 Å². The SMILES string of the molecule is COCC1CN(C(=O)CCCl)CC1C(F)(F)F. The second-order valence-corrected chi connectivity index (χ2v) is 4.48. The number of likely N-dealkylation sites (tertiary alicyclic amines) is 1. The fourth-order valence-electron chi connectivity index (χ4n) is 2.07. The minimum absolute atomic E-state index is 0.00876. The summed E-state index contributed by atoms with van der Waals surface area (Å²) in [4.78, 5) is 12.7. The lowest BCUT2D eigenvalue weighted by Gasteiger charge is -2.19. The molecule has 0 aromatic heterocycles. The van der Waals surface area contributed by atoms with Gasteiger partial charge >= 0.3 is 6.18 Å². The molecule has 0 spiro atoms. The molecule has 0 radical (unpaired) electrons. The number of methoxy groups -OCH3 is 1. The number of halogens is 4. The van der Waals surface area contributed by atoms with Crippen LogP contribution in [0.3, 0.4) is 0 Å². The molecule has 1 aliphatic heterocycles. The molecule has 7 heteroatoms. The number of nitrogens with zero attached hydrogens (tertiary/aromatic N) is 1. The van der Waals surface area contributed by atoms with Crippen molar-refractivity contribution in [3.63, 3.8) is 0 Å². The fourth-order valence-corrected chi connectivity index (χ4v) is 2.23. The molecule has 0 aromatic rings. The van der Waals surface area contributed by atoms with Gasteiger partial charge in [-0.1, -0.05) is 0 Å². The Morgan fingerprint density at radius 1 is 1.47 bits per heavy atom. The van der Waals surface area contributed by atoms with Crippen LogP contribution in [0.2, 0.25) is 0 Å². The lowest BCUT2D eigenvalue weighted by molar-refractivity contribution is -0.183. The van der Waals surface area contributed by atoms with Gasteiger partial charge in [0.15, 0.2) is 0 Å². The summed E-state index contributed by atoms with van der Waals surface area (Å²) < 4.78 is 43.0. The van der Waals surface area contributed by atoms with Crippen molar-refractivity contribution in [2.45, 2.75) is 12.6 Å². The Hall–Kier alpha value is -0.490. The molecule has 2 atom stereocenters. The number of carbonyl (C=O) groups excluding carboxylic acids is 1. The van der Waals surface area contributed by atoms with Gasteiger partial charge in [-0.05, 0) is 0 Å². The van der Waals surface area contributed by atoms with Gasteiger partial charge in [0, 0.05) is 38.4 Å². The summed E-state index contributed by atoms with van der Waals surface area (Å²) in [5.74, 6) is -2.38. The highest BCUT2D eigenvalue weighted by Crippen LogP contribution is 2.37. The maximum absolute atomic E-state index is 12.7. The molecule has 1 aliphatic rings. The second-order valence-electron chi connectivity index (χ2n) is 4.10. The predicted molar refractivity (Wildman–Crippen MR) is 56.8 cm³/mol. The highest BCUT2D eigenvalue weighted by molar-refractivity contribution is 6.18. The molecule has 0 saturated carbocycles. The Morgan fingerprint density at radius 3 is 2.59 bits per heavy atom. The summed E-state index contributed by atoms with van der Waals surface area (Å²) in [6.45, 7) is -0.185. The lowest BCUT2D eigenvalue weighted by atomic mass is 9.96. The summed E-state index contributed by atoms with van der Waals surface area (Å²) in [6.07, 6.45) is -4.22. The van der Waals surface area contributed by atoms with Crippen LogP contribution in [-0.4, -0.2) is 49.7 Å². The van der Waals surface area contributed by atoms with Gasteiger partial charge in [-0.3, -0.25) is 4.79 Å². The second kappa shape index (κ2) is 5.91. The number of hydrogen-bond acceptors (Lipinski definition) is 2. The van der Waals surface area contributed by atoms with Crippen LogP contribution in [0.4, 0.5) is 13.2 Å². The summed E-state index contributed by atoms with van der Waals surface area (Å²) >= 11 is 5.40. The van der Waals surface area contributed by atoms with Gasteiger partial charge in [-0.25, -0.2) is 0 Å². The number of rotatable bonds is 4. The van der Waals surface area contributed by atoms with Gasteiger partial charge in [0.1, 0.15) is 0 Å². The van der Waals surface area contributed by atoms with Crippen LogP contribution in [0.5, 0.6) is 0 Å². The third kappa shape index (κ3) is 3.74. The summed E-state index contributed by atoms with van der Waals surface area (Å²) in [7, 11) is 1.36. The van der Waals surface area contributed by atoms with Crippen LogP contribution < -0.4 is 0 Å². The maximum Gasteiger partial charge on any atom is 0.393 e. The monoisotopic (exact) mass is 273 g/mol. The van der Waals surface area contributed by atoms with Gasteiger partial charge in [0.05, 0.1) is 12.5 Å². The molecule has 0 aliphatic carbocycles. The zero-order valence-corrected chi connectivity index (χ0v) is 10.2. The molecule has 0 aromatic carbocycles. The van der Waals surface area contributed by atoms with E-state index in [0.717, 1.165) is 0 Å². The molecule has 1 amide bonds. The van der Waals surface area contributed by atoms with Crippen molar-refractivity contribution in [3.8, 4) is 0 Å². The summed E-state index contributed by atoms with van der Waals surface area (Å²) in [5.41, 5.74) is 0. The molecule has 17 heavy (non-hydrogen) atoms. The number of alkyl halides is 4. The number of amides is 1. The third-order valence-electron chi connectivity index (χ3n) is 2.90. The van der Waals surface area contributed by atoms with Gasteiger partial charge < -0.3 is 9.64 Å². The first-order chi connectivity index (χ1) is 7.90. The average molecular weight is 274 g/mol. The number of hydrogen-bond donors (Lipinski definition) is 0. The van der Waals surface area contributed by atoms with Crippen molar-refractivity contribution in [2.24, 2.45) is 11.8 Å². The van der Waals surface area contributed by atoms with Crippen LogP contribution in [0.25, 0.3) is 0 Å². The van der Waals surface area contributed by atoms with Crippen molar-refractivity contribution in [2.75, 3.05) is 32.7 Å². The Kier molecular flexibility index (Phi) is 5.06. The van der Waals surface area contributed by atoms with Crippen molar-refractivity contribution >= 4 is 17.5 Å². The van der Waals surface area contributed by atoms with Gasteiger partial charge in [0.25, 0.3) is 0 Å². The van der Waals surface area contributed by atoms with Crippen LogP contribution in [-0.2, 0) is 9.53 Å². The Labute approximate surface area is 103 Å². The molecule has 0 bridgehead atoms. The van der Waals surface area contributed by atoms with Crippen LogP contribution >= 0.6 is 11.6 Å². The Balaban J connectivity index is 2.68. The van der Waals surface area contributed by atoms with E-state index in [1.807, 2.05) is 0 Å². The van der Waals surface area contributed by atoms with Crippen molar-refractivity contribution in [1.29, 1.82) is 0 Å². The molecule has 100 valence electrons. The Morgan fingerprint density at radius 2 is 2.12 bits per heavy atom. The van der Waals surface area contributed by atoms with Crippen molar-refractivity contribution in [3.05, 3.63) is 0 Å². The minimum atomic E-state index is -4.29. The first-order valence-electron chi connectivity index (χ1n) is 5.29. The van der Waals surface area contributed by atoms with E-state index in [1.54, 1.807) is 0 Å². The number of ether oxygens (including phenoxy) is 1. The zero-order chi connectivity index (χ0) is 13.1. The standard InChI is InChI=1S/C10H15ClF3NO2/c1-17-6-7-4-15(9(16)2-3-11)5-8(7)10(12,13)14/h7-8H,2-6H2,1H3. The molecule has 1 heterocycles. The third-order valence-corrected chi connectivity index (χ3v) is 3.09. The Bertz CT molecular complexity index is 273. The summed E-state index contributed by atoms with van der Waals surface area (Å²) in [6, 6.07) is 0. The molecular formula is C10H15ClF3NO2. The van der Waals surface area contributed by atoms with Gasteiger partial charge in [-0.15, -0.1) is 11.6 Å². The normalized spacial score (nSPS) is 25.4. The molecule has 3 nitrogen and oxygen atoms in total. The van der Waals surface area contributed by atoms with Crippen LogP contribution in [0, 0.1) is 11.8 Å². The predicted octanol–water partition coefficient (Wildman–Crippen LogP) is 1.90. The minimum Gasteiger partial charge on any atom is -0.384 e. The van der Waals surface area contributed by atoms with E-state index in [4.69, 9.17) is 16.3 Å². The van der Waals surface area contributed by atoms with E-state index < -0.39 is 18.0 Å². The lowest BCUT2D eigenvalue weighted by Crippen LogP contribution is -2.33. The average Bonchev–Trinajstić information content (AvgIpc) is 2.62. The van der Waals surface area contributed by atoms with E-state index in [9.17, 15) is 18.0 Å². The molecule has 0 N–H and O–H groups in total. The molecule has 1 fully saturated rings. The molecule has 2 unspecified atom stereocenters. The summed E-state index contributed by atoms with van der Waals surface area (Å²) in [5, 5.41) is 0. The fraction of sp³-hybridized carbons (Fsp3) is 0.900. The highest BCUT2D eigenvalue weighted by atomic mass is 35.5. The van der Waals surface area contributed by atoms with Crippen molar-refractivity contribution in [1.82, 2.24) is 4.90 Å².